The van der Waals surface area contributed by atoms with E-state index in [-0.39, 0.29) is 6.04 Å². The smallest absolute Gasteiger partial charge is 0.294 e. The summed E-state index contributed by atoms with van der Waals surface area (Å²) in [6, 6.07) is 0.215. The molecule has 3 heterocycles. The first-order chi connectivity index (χ1) is 9.76. The third-order valence-electron chi connectivity index (χ3n) is 3.26. The summed E-state index contributed by atoms with van der Waals surface area (Å²) in [5.41, 5.74) is 0. The van der Waals surface area contributed by atoms with E-state index >= 15 is 0 Å². The maximum atomic E-state index is 5.35. The molecular formula is C12H17N5O2S. The zero-order valence-electron chi connectivity index (χ0n) is 11.6. The number of aromatic nitrogens is 4. The summed E-state index contributed by atoms with van der Waals surface area (Å²) in [6.07, 6.45) is 2.19. The molecule has 0 spiro atoms. The first-order valence-corrected chi connectivity index (χ1v) is 7.57. The van der Waals surface area contributed by atoms with Crippen LogP contribution in [0, 0.1) is 6.92 Å². The normalized spacial score (nSPS) is 19.6. The van der Waals surface area contributed by atoms with Crippen LogP contribution in [0.3, 0.4) is 0 Å². The quantitative estimate of drug-likeness (QED) is 0.834. The van der Waals surface area contributed by atoms with E-state index in [4.69, 9.17) is 9.26 Å². The Morgan fingerprint density at radius 2 is 2.35 bits per heavy atom. The van der Waals surface area contributed by atoms with Crippen LogP contribution >= 0.6 is 11.3 Å². The fraction of sp³-hybridized carbons (Fsp3) is 0.667. The molecule has 20 heavy (non-hydrogen) atoms. The highest BCUT2D eigenvalue weighted by Gasteiger charge is 2.30. The summed E-state index contributed by atoms with van der Waals surface area (Å²) < 4.78 is 10.4. The first-order valence-electron chi connectivity index (χ1n) is 6.75. The van der Waals surface area contributed by atoms with E-state index in [9.17, 15) is 0 Å². The monoisotopic (exact) mass is 295 g/mol. The second-order valence-electron chi connectivity index (χ2n) is 4.69. The van der Waals surface area contributed by atoms with Gasteiger partial charge in [-0.2, -0.15) is 4.98 Å². The van der Waals surface area contributed by atoms with Crippen molar-refractivity contribution >= 4 is 11.3 Å². The summed E-state index contributed by atoms with van der Waals surface area (Å²) in [5, 5.41) is 13.8. The lowest BCUT2D eigenvalue weighted by atomic mass is 10.2. The highest BCUT2D eigenvalue weighted by molar-refractivity contribution is 7.13. The van der Waals surface area contributed by atoms with Crippen molar-refractivity contribution in [3.8, 4) is 5.19 Å². The molecule has 1 atom stereocenters. The van der Waals surface area contributed by atoms with Crippen LogP contribution in [0.25, 0.3) is 0 Å². The van der Waals surface area contributed by atoms with Gasteiger partial charge in [0.1, 0.15) is 5.01 Å². The topological polar surface area (TPSA) is 77.2 Å². The van der Waals surface area contributed by atoms with Gasteiger partial charge in [0.15, 0.2) is 5.82 Å². The fourth-order valence-corrected chi connectivity index (χ4v) is 3.19. The molecule has 1 saturated heterocycles. The molecule has 8 heteroatoms. The second kappa shape index (κ2) is 5.84. The molecule has 3 rings (SSSR count). The average molecular weight is 295 g/mol. The van der Waals surface area contributed by atoms with E-state index in [1.54, 1.807) is 0 Å². The van der Waals surface area contributed by atoms with E-state index in [1.165, 1.54) is 11.3 Å². The number of hydrogen-bond acceptors (Lipinski definition) is 8. The van der Waals surface area contributed by atoms with Gasteiger partial charge < -0.3 is 9.26 Å². The average Bonchev–Trinajstić information content (AvgIpc) is 3.12. The maximum Gasteiger partial charge on any atom is 0.294 e. The van der Waals surface area contributed by atoms with E-state index in [0.29, 0.717) is 17.7 Å². The van der Waals surface area contributed by atoms with Gasteiger partial charge in [-0.25, -0.2) is 0 Å². The summed E-state index contributed by atoms with van der Waals surface area (Å²) in [4.78, 5) is 6.66. The number of nitrogens with zero attached hydrogens (tertiary/aromatic N) is 5. The van der Waals surface area contributed by atoms with E-state index in [2.05, 4.69) is 25.2 Å². The molecule has 0 radical (unpaired) electrons. The van der Waals surface area contributed by atoms with E-state index in [1.807, 2.05) is 13.8 Å². The van der Waals surface area contributed by atoms with Gasteiger partial charge in [-0.15, -0.1) is 10.2 Å². The van der Waals surface area contributed by atoms with Gasteiger partial charge >= 0.3 is 0 Å². The van der Waals surface area contributed by atoms with Crippen LogP contribution in [0.15, 0.2) is 4.52 Å². The second-order valence-corrected chi connectivity index (χ2v) is 5.72. The number of hydrogen-bond donors (Lipinski definition) is 0. The lowest BCUT2D eigenvalue weighted by molar-refractivity contribution is 0.233. The molecule has 0 aromatic carbocycles. The number of rotatable bonds is 5. The lowest BCUT2D eigenvalue weighted by Gasteiger charge is -2.19. The summed E-state index contributed by atoms with van der Waals surface area (Å²) in [6.45, 7) is 6.14. The number of ether oxygens (including phenoxy) is 1. The summed E-state index contributed by atoms with van der Waals surface area (Å²) >= 11 is 1.50. The van der Waals surface area contributed by atoms with Crippen LogP contribution in [0.2, 0.25) is 0 Å². The van der Waals surface area contributed by atoms with Gasteiger partial charge in [0.2, 0.25) is 5.89 Å². The molecule has 1 aliphatic rings. The van der Waals surface area contributed by atoms with Gasteiger partial charge in [0.05, 0.1) is 19.2 Å². The van der Waals surface area contributed by atoms with Crippen LogP contribution < -0.4 is 4.74 Å². The SMILES string of the molecule is CCOc1nnc(CN2CCC[C@H]2c2noc(C)n2)s1. The summed E-state index contributed by atoms with van der Waals surface area (Å²) in [5.74, 6) is 1.39. The Bertz CT molecular complexity index is 570. The van der Waals surface area contributed by atoms with Gasteiger partial charge in [-0.3, -0.25) is 4.90 Å². The molecule has 108 valence electrons. The van der Waals surface area contributed by atoms with Gasteiger partial charge in [0, 0.05) is 6.92 Å². The molecule has 0 saturated carbocycles. The Morgan fingerprint density at radius 1 is 1.45 bits per heavy atom. The number of likely N-dealkylation sites (tertiary alicyclic amines) is 1. The standard InChI is InChI=1S/C12H17N5O2S/c1-3-18-12-15-14-10(20-12)7-17-6-4-5-9(17)11-13-8(2)19-16-11/h9H,3-7H2,1-2H3/t9-/m0/s1. The zero-order valence-corrected chi connectivity index (χ0v) is 12.4. The van der Waals surface area contributed by atoms with Crippen molar-refractivity contribution < 1.29 is 9.26 Å². The molecule has 2 aromatic rings. The van der Waals surface area contributed by atoms with Crippen molar-refractivity contribution in [2.45, 2.75) is 39.3 Å². The van der Waals surface area contributed by atoms with Gasteiger partial charge in [-0.1, -0.05) is 16.5 Å². The molecule has 0 amide bonds. The van der Waals surface area contributed by atoms with Crippen molar-refractivity contribution in [3.63, 3.8) is 0 Å². The van der Waals surface area contributed by atoms with Crippen LogP contribution in [0.5, 0.6) is 5.19 Å². The van der Waals surface area contributed by atoms with Gasteiger partial charge in [0.25, 0.3) is 5.19 Å². The maximum absolute atomic E-state index is 5.35. The first kappa shape index (κ1) is 13.4. The Kier molecular flexibility index (Phi) is 3.93. The Balaban J connectivity index is 1.69. The van der Waals surface area contributed by atoms with Gasteiger partial charge in [-0.05, 0) is 26.3 Å². The molecule has 0 unspecified atom stereocenters. The van der Waals surface area contributed by atoms with E-state index in [0.717, 1.165) is 36.8 Å². The Hall–Kier alpha value is -1.54. The molecule has 2 aromatic heterocycles. The van der Waals surface area contributed by atoms with Crippen molar-refractivity contribution in [3.05, 3.63) is 16.7 Å². The molecular weight excluding hydrogens is 278 g/mol. The largest absolute Gasteiger partial charge is 0.469 e. The third-order valence-corrected chi connectivity index (χ3v) is 4.08. The van der Waals surface area contributed by atoms with E-state index < -0.39 is 0 Å². The fourth-order valence-electron chi connectivity index (χ4n) is 2.42. The van der Waals surface area contributed by atoms with Crippen LogP contribution in [-0.4, -0.2) is 38.4 Å². The Morgan fingerprint density at radius 3 is 3.10 bits per heavy atom. The molecule has 0 N–H and O–H groups in total. The van der Waals surface area contributed by atoms with Crippen molar-refractivity contribution in [1.82, 2.24) is 25.2 Å². The Labute approximate surface area is 121 Å². The molecule has 1 aliphatic heterocycles. The highest BCUT2D eigenvalue weighted by atomic mass is 32.1. The molecule has 0 aliphatic carbocycles. The predicted octanol–water partition coefficient (Wildman–Crippen LogP) is 1.97. The van der Waals surface area contributed by atoms with Crippen LogP contribution in [-0.2, 0) is 6.54 Å². The summed E-state index contributed by atoms with van der Waals surface area (Å²) in [7, 11) is 0. The minimum atomic E-state index is 0.215. The molecule has 7 nitrogen and oxygen atoms in total. The molecule has 1 fully saturated rings. The van der Waals surface area contributed by atoms with Crippen molar-refractivity contribution in [1.29, 1.82) is 0 Å². The molecule has 0 bridgehead atoms. The van der Waals surface area contributed by atoms with Crippen molar-refractivity contribution in [2.24, 2.45) is 0 Å². The number of aryl methyl sites for hydroxylation is 1. The lowest BCUT2D eigenvalue weighted by Crippen LogP contribution is -2.23. The minimum absolute atomic E-state index is 0.215. The predicted molar refractivity (Wildman–Crippen MR) is 72.5 cm³/mol. The van der Waals surface area contributed by atoms with Crippen LogP contribution in [0.4, 0.5) is 0 Å². The van der Waals surface area contributed by atoms with Crippen molar-refractivity contribution in [2.75, 3.05) is 13.2 Å². The highest BCUT2D eigenvalue weighted by Crippen LogP contribution is 2.32. The third kappa shape index (κ3) is 2.80. The van der Waals surface area contributed by atoms with Crippen LogP contribution in [0.1, 0.15) is 42.5 Å². The zero-order chi connectivity index (χ0) is 13.9. The minimum Gasteiger partial charge on any atom is -0.469 e.